The Morgan fingerprint density at radius 1 is 1.08 bits per heavy atom. The third kappa shape index (κ3) is 23.6. The summed E-state index contributed by atoms with van der Waals surface area (Å²) in [5.74, 6) is 0. The van der Waals surface area contributed by atoms with Crippen LogP contribution >= 0.6 is 24.0 Å². The molecule has 0 atom stereocenters. The first-order valence-corrected chi connectivity index (χ1v) is 16.3. The molecule has 1 aromatic rings. The van der Waals surface area contributed by atoms with Gasteiger partial charge in [0.2, 0.25) is 0 Å². The minimum Gasteiger partial charge on any atom is -0.149 e. The smallest absolute Gasteiger partial charge is 0.00452 e. The summed E-state index contributed by atoms with van der Waals surface area (Å²) in [5.41, 5.74) is 4.70. The van der Waals surface area contributed by atoms with Gasteiger partial charge >= 0.3 is 0 Å². The van der Waals surface area contributed by atoms with E-state index in [2.05, 4.69) is 114 Å². The molecule has 0 aliphatic heterocycles. The average molecular weight is 567 g/mol. The molecule has 0 N–H and O–H groups in total. The highest BCUT2D eigenvalue weighted by molar-refractivity contribution is 7.84. The van der Waals surface area contributed by atoms with Crippen molar-refractivity contribution in [3.05, 3.63) is 117 Å². The van der Waals surface area contributed by atoms with E-state index in [4.69, 9.17) is 0 Å². The van der Waals surface area contributed by atoms with Crippen LogP contribution in [0.5, 0.6) is 0 Å². The fourth-order valence-electron chi connectivity index (χ4n) is 3.23. The zero-order valence-electron chi connectivity index (χ0n) is 26.3. The van der Waals surface area contributed by atoms with Gasteiger partial charge in [-0.25, -0.2) is 0 Å². The van der Waals surface area contributed by atoms with Crippen molar-refractivity contribution in [3.8, 4) is 0 Å². The van der Waals surface area contributed by atoms with Crippen molar-refractivity contribution in [1.82, 2.24) is 0 Å². The first-order valence-electron chi connectivity index (χ1n) is 15.0. The third-order valence-corrected chi connectivity index (χ3v) is 7.20. The van der Waals surface area contributed by atoms with Crippen molar-refractivity contribution in [2.45, 2.75) is 113 Å². The van der Waals surface area contributed by atoms with Crippen LogP contribution in [0.4, 0.5) is 0 Å². The van der Waals surface area contributed by atoms with Crippen molar-refractivity contribution in [3.63, 3.8) is 0 Å². The van der Waals surface area contributed by atoms with E-state index in [9.17, 15) is 0 Å². The molecule has 1 heterocycles. The fraction of sp³-hybridized carbons (Fsp3) is 0.459. The van der Waals surface area contributed by atoms with Crippen molar-refractivity contribution < 1.29 is 0 Å². The third-order valence-electron chi connectivity index (χ3n) is 5.80. The molecule has 1 aliphatic carbocycles. The number of thiophene rings is 1. The van der Waals surface area contributed by atoms with Crippen molar-refractivity contribution in [2.24, 2.45) is 0 Å². The lowest BCUT2D eigenvalue weighted by Crippen LogP contribution is -1.86. The molecule has 1 aromatic heterocycles. The van der Waals surface area contributed by atoms with E-state index >= 15 is 0 Å². The molecule has 39 heavy (non-hydrogen) atoms. The van der Waals surface area contributed by atoms with Crippen LogP contribution in [0, 0.1) is 0 Å². The van der Waals surface area contributed by atoms with Crippen LogP contribution in [0.2, 0.25) is 0 Å². The normalized spacial score (nSPS) is 14.8. The van der Waals surface area contributed by atoms with Crippen molar-refractivity contribution in [1.29, 1.82) is 0 Å². The number of rotatable bonds is 11. The summed E-state index contributed by atoms with van der Waals surface area (Å²) in [6, 6.07) is 4.33. The highest BCUT2D eigenvalue weighted by atomic mass is 32.1. The summed E-state index contributed by atoms with van der Waals surface area (Å²) in [6.07, 6.45) is 31.2. The summed E-state index contributed by atoms with van der Waals surface area (Å²) in [5, 5.41) is 2.14. The average Bonchev–Trinajstić information content (AvgIpc) is 3.40. The van der Waals surface area contributed by atoms with Crippen LogP contribution in [-0.2, 0) is 6.42 Å². The highest BCUT2D eigenvalue weighted by Crippen LogP contribution is 2.23. The first-order chi connectivity index (χ1) is 18.9. The van der Waals surface area contributed by atoms with Crippen LogP contribution < -0.4 is 0 Å². The number of allylic oxidation sites excluding steroid dienone is 14. The van der Waals surface area contributed by atoms with E-state index in [-0.39, 0.29) is 0 Å². The predicted octanol–water partition coefficient (Wildman–Crippen LogP) is 13.4. The molecule has 218 valence electrons. The molecular weight excluding hydrogens is 509 g/mol. The van der Waals surface area contributed by atoms with E-state index in [1.54, 1.807) is 0 Å². The molecule has 2 heteroatoms. The lowest BCUT2D eigenvalue weighted by atomic mass is 9.99. The summed E-state index contributed by atoms with van der Waals surface area (Å²) in [4.78, 5) is 2.68. The number of unbranched alkanes of at least 4 members (excludes halogenated alkanes) is 3. The Balaban J connectivity index is 0. The second-order valence-electron chi connectivity index (χ2n) is 9.16. The Morgan fingerprint density at radius 3 is 2.38 bits per heavy atom. The van der Waals surface area contributed by atoms with E-state index in [0.717, 1.165) is 29.7 Å². The summed E-state index contributed by atoms with van der Waals surface area (Å²) >= 11 is 6.13. The molecule has 2 rings (SSSR count). The Bertz CT molecular complexity index is 915. The van der Waals surface area contributed by atoms with Crippen LogP contribution in [0.15, 0.2) is 113 Å². The zero-order valence-corrected chi connectivity index (χ0v) is 28.0. The highest BCUT2D eigenvalue weighted by Gasteiger charge is 2.04. The predicted molar refractivity (Wildman–Crippen MR) is 188 cm³/mol. The molecule has 0 saturated carbocycles. The number of hydrogen-bond acceptors (Lipinski definition) is 2. The van der Waals surface area contributed by atoms with Gasteiger partial charge in [-0.1, -0.05) is 122 Å². The Kier molecular flexibility index (Phi) is 29.0. The van der Waals surface area contributed by atoms with Gasteiger partial charge in [0.1, 0.15) is 0 Å². The molecule has 1 aliphatic rings. The van der Waals surface area contributed by atoms with Gasteiger partial charge in [-0.2, -0.15) is 0 Å². The minimum atomic E-state index is 1.03. The van der Waals surface area contributed by atoms with Gasteiger partial charge in [0.15, 0.2) is 0 Å². The van der Waals surface area contributed by atoms with E-state index in [0.29, 0.717) is 0 Å². The van der Waals surface area contributed by atoms with Crippen LogP contribution in [0.1, 0.15) is 111 Å². The monoisotopic (exact) mass is 566 g/mol. The molecule has 0 aromatic carbocycles. The summed E-state index contributed by atoms with van der Waals surface area (Å²) in [6.45, 7) is 22.9. The van der Waals surface area contributed by atoms with Gasteiger partial charge in [0.25, 0.3) is 0 Å². The molecule has 0 fully saturated rings. The number of aryl methyl sites for hydroxylation is 1. The van der Waals surface area contributed by atoms with Gasteiger partial charge < -0.3 is 0 Å². The van der Waals surface area contributed by atoms with Crippen LogP contribution in [0.25, 0.3) is 0 Å². The Hall–Kier alpha value is -2.03. The lowest BCUT2D eigenvalue weighted by molar-refractivity contribution is 0.804. The Morgan fingerprint density at radius 2 is 1.79 bits per heavy atom. The number of thiol groups is 1. The van der Waals surface area contributed by atoms with Gasteiger partial charge in [-0.3, -0.25) is 0 Å². The number of hydrogen-bond donors (Lipinski definition) is 1. The molecule has 0 saturated heterocycles. The van der Waals surface area contributed by atoms with Crippen molar-refractivity contribution >= 4 is 24.0 Å². The quantitative estimate of drug-likeness (QED) is 0.154. The second kappa shape index (κ2) is 29.0. The van der Waals surface area contributed by atoms with Crippen molar-refractivity contribution in [2.75, 3.05) is 0 Å². The van der Waals surface area contributed by atoms with E-state index < -0.39 is 0 Å². The SMILES string of the molecule is C=C(/C=C1/C=CCCCC1=C)/C(C)=C\C=C/C.CC.CCCC/C=C/C=C(\S)CC.CCCCc1cccs1. The van der Waals surface area contributed by atoms with Crippen LogP contribution in [0.3, 0.4) is 0 Å². The van der Waals surface area contributed by atoms with Crippen LogP contribution in [-0.4, -0.2) is 0 Å². The van der Waals surface area contributed by atoms with Gasteiger partial charge in [-0.05, 0) is 104 Å². The van der Waals surface area contributed by atoms with E-state index in [1.165, 1.54) is 66.5 Å². The Labute approximate surface area is 253 Å². The maximum Gasteiger partial charge on any atom is 0.00452 e. The van der Waals surface area contributed by atoms with E-state index in [1.807, 2.05) is 44.3 Å². The summed E-state index contributed by atoms with van der Waals surface area (Å²) < 4.78 is 0. The minimum absolute atomic E-state index is 1.03. The first kappa shape index (κ1) is 39.1. The topological polar surface area (TPSA) is 0 Å². The van der Waals surface area contributed by atoms with Gasteiger partial charge in [-0.15, -0.1) is 24.0 Å². The molecule has 0 spiro atoms. The summed E-state index contributed by atoms with van der Waals surface area (Å²) in [7, 11) is 0. The molecule has 0 bridgehead atoms. The molecular formula is C37H58S2. The van der Waals surface area contributed by atoms with Gasteiger partial charge in [0, 0.05) is 4.88 Å². The maximum absolute atomic E-state index is 4.26. The molecule has 0 amide bonds. The zero-order chi connectivity index (χ0) is 29.7. The second-order valence-corrected chi connectivity index (χ2v) is 10.8. The molecule has 0 radical (unpaired) electrons. The standard InChI is InChI=1S/C17H22.C10H18S.C8H12S.C2H6/c1-5-6-10-14(2)16(4)13-17-12-9-7-8-11-15(17)3;1-3-5-6-7-8-9-10(11)4-2;1-2-3-5-8-6-4-7-9-8;1-2/h5-6,9-10,12-13H,3-4,7-8,11H2,1-2H3;7-9,11H,3-6H2,1-2H3;4,6-7H,2-3,5H2,1H3;1-2H3/b6-5-,14-10-,17-13-;8-7+,10-9-;;. The molecule has 0 nitrogen and oxygen atoms in total. The fourth-order valence-corrected chi connectivity index (χ4v) is 4.06. The lowest BCUT2D eigenvalue weighted by Gasteiger charge is -2.06. The van der Waals surface area contributed by atoms with Gasteiger partial charge in [0.05, 0.1) is 0 Å². The maximum atomic E-state index is 4.26. The largest absolute Gasteiger partial charge is 0.149 e. The molecule has 0 unspecified atom stereocenters.